The number of benzene rings is 1. The zero-order valence-electron chi connectivity index (χ0n) is 18.6. The van der Waals surface area contributed by atoms with E-state index < -0.39 is 0 Å². The fourth-order valence-electron chi connectivity index (χ4n) is 4.55. The van der Waals surface area contributed by atoms with E-state index in [2.05, 4.69) is 30.8 Å². The Labute approximate surface area is 204 Å². The average molecular weight is 492 g/mol. The van der Waals surface area contributed by atoms with Gasteiger partial charge in [0.15, 0.2) is 0 Å². The van der Waals surface area contributed by atoms with E-state index in [4.69, 9.17) is 28.6 Å². The van der Waals surface area contributed by atoms with Gasteiger partial charge in [0.2, 0.25) is 5.95 Å². The van der Waals surface area contributed by atoms with Crippen LogP contribution in [0.25, 0.3) is 0 Å². The molecule has 0 bridgehead atoms. The number of H-pyrrole nitrogens is 1. The van der Waals surface area contributed by atoms with Crippen molar-refractivity contribution in [1.82, 2.24) is 20.2 Å². The molecule has 0 unspecified atom stereocenters. The summed E-state index contributed by atoms with van der Waals surface area (Å²) >= 11 is 12.0. The second-order valence-electron chi connectivity index (χ2n) is 8.83. The number of hydrogen-bond donors (Lipinski definition) is 5. The van der Waals surface area contributed by atoms with Crippen LogP contribution in [0.1, 0.15) is 36.9 Å². The normalized spacial score (nSPS) is 18.2. The lowest BCUT2D eigenvalue weighted by molar-refractivity contribution is 0.171. The Bertz CT molecular complexity index is 1010. The van der Waals surface area contributed by atoms with Crippen LogP contribution in [-0.2, 0) is 6.54 Å². The Morgan fingerprint density at radius 2 is 1.91 bits per heavy atom. The molecule has 1 aromatic carbocycles. The summed E-state index contributed by atoms with van der Waals surface area (Å²) in [6.07, 6.45) is 5.58. The molecule has 0 saturated carbocycles. The van der Waals surface area contributed by atoms with Gasteiger partial charge in [-0.1, -0.05) is 29.3 Å². The van der Waals surface area contributed by atoms with Crippen LogP contribution in [0.15, 0.2) is 23.0 Å². The Kier molecular flexibility index (Phi) is 8.25. The van der Waals surface area contributed by atoms with Crippen molar-refractivity contribution in [2.24, 2.45) is 5.92 Å². The highest BCUT2D eigenvalue weighted by Crippen LogP contribution is 2.23. The smallest absolute Gasteiger partial charge is 0.276 e. The topological polar surface area (TPSA) is 109 Å². The number of rotatable bonds is 8. The number of aromatic amines is 1. The van der Waals surface area contributed by atoms with Gasteiger partial charge in [0.25, 0.3) is 5.56 Å². The van der Waals surface area contributed by atoms with Crippen LogP contribution in [0.4, 0.5) is 11.6 Å². The van der Waals surface area contributed by atoms with Gasteiger partial charge in [-0.05, 0) is 62.4 Å². The predicted octanol–water partition coefficient (Wildman–Crippen LogP) is 3.56. The van der Waals surface area contributed by atoms with Crippen molar-refractivity contribution < 1.29 is 0 Å². The van der Waals surface area contributed by atoms with Crippen LogP contribution < -0.4 is 21.5 Å². The summed E-state index contributed by atoms with van der Waals surface area (Å²) in [6, 6.07) is 5.54. The highest BCUT2D eigenvalue weighted by molar-refractivity contribution is 6.42. The molecule has 5 N–H and O–H groups in total. The molecule has 3 heterocycles. The third-order valence-electron chi connectivity index (χ3n) is 6.44. The van der Waals surface area contributed by atoms with Crippen molar-refractivity contribution in [3.63, 3.8) is 0 Å². The van der Waals surface area contributed by atoms with Crippen LogP contribution in [0.3, 0.4) is 0 Å². The standard InChI is InChI=1S/C23H31Cl2N7O/c24-18-2-1-16(11-19(18)25)13-28-23-30-20(12-26)21(22(33)31-23)29-17-5-9-32(10-6-17)14-15-3-7-27-8-4-15/h1-2,11-12,15,17,26-27,29H,3-10,13-14H2,(H2,28,30,31,33). The molecule has 2 aliphatic rings. The lowest BCUT2D eigenvalue weighted by Gasteiger charge is -2.36. The Hall–Kier alpha value is -2.13. The largest absolute Gasteiger partial charge is 0.376 e. The maximum Gasteiger partial charge on any atom is 0.276 e. The molecular weight excluding hydrogens is 461 g/mol. The number of halogens is 2. The lowest BCUT2D eigenvalue weighted by atomic mass is 9.96. The molecule has 0 radical (unpaired) electrons. The first kappa shape index (κ1) is 24.0. The average Bonchev–Trinajstić information content (AvgIpc) is 2.83. The second-order valence-corrected chi connectivity index (χ2v) is 9.65. The third-order valence-corrected chi connectivity index (χ3v) is 7.18. The SMILES string of the molecule is N=Cc1nc(NCc2ccc(Cl)c(Cl)c2)[nH]c(=O)c1NC1CCN(CC2CCNCC2)CC1. The fraction of sp³-hybridized carbons (Fsp3) is 0.522. The summed E-state index contributed by atoms with van der Waals surface area (Å²) in [6.45, 7) is 5.89. The Balaban J connectivity index is 1.33. The van der Waals surface area contributed by atoms with E-state index >= 15 is 0 Å². The first-order valence-electron chi connectivity index (χ1n) is 11.5. The number of nitrogens with one attached hydrogen (secondary N) is 5. The van der Waals surface area contributed by atoms with E-state index in [-0.39, 0.29) is 11.6 Å². The molecule has 178 valence electrons. The number of piperidine rings is 2. The van der Waals surface area contributed by atoms with Crippen molar-refractivity contribution in [3.8, 4) is 0 Å². The third kappa shape index (κ3) is 6.47. The first-order valence-corrected chi connectivity index (χ1v) is 12.3. The number of nitrogens with zero attached hydrogens (tertiary/aromatic N) is 2. The molecule has 0 atom stereocenters. The number of aromatic nitrogens is 2. The molecule has 8 nitrogen and oxygen atoms in total. The van der Waals surface area contributed by atoms with E-state index in [1.807, 2.05) is 6.07 Å². The molecule has 2 saturated heterocycles. The lowest BCUT2D eigenvalue weighted by Crippen LogP contribution is -2.43. The van der Waals surface area contributed by atoms with Crippen molar-refractivity contribution in [1.29, 1.82) is 5.41 Å². The zero-order chi connectivity index (χ0) is 23.2. The van der Waals surface area contributed by atoms with Crippen molar-refractivity contribution >= 4 is 41.1 Å². The molecule has 2 fully saturated rings. The van der Waals surface area contributed by atoms with Crippen LogP contribution >= 0.6 is 23.2 Å². The molecule has 4 rings (SSSR count). The van der Waals surface area contributed by atoms with Crippen LogP contribution in [0.5, 0.6) is 0 Å². The van der Waals surface area contributed by atoms with E-state index in [1.165, 1.54) is 19.4 Å². The quantitative estimate of drug-likeness (QED) is 0.361. The Morgan fingerprint density at radius 3 is 2.61 bits per heavy atom. The number of likely N-dealkylation sites (tertiary alicyclic amines) is 1. The van der Waals surface area contributed by atoms with Gasteiger partial charge in [-0.25, -0.2) is 4.98 Å². The van der Waals surface area contributed by atoms with E-state index in [1.54, 1.807) is 12.1 Å². The van der Waals surface area contributed by atoms with E-state index in [0.717, 1.165) is 56.7 Å². The molecule has 0 amide bonds. The molecule has 33 heavy (non-hydrogen) atoms. The highest BCUT2D eigenvalue weighted by atomic mass is 35.5. The van der Waals surface area contributed by atoms with E-state index in [9.17, 15) is 4.79 Å². The fourth-order valence-corrected chi connectivity index (χ4v) is 4.87. The van der Waals surface area contributed by atoms with Gasteiger partial charge in [-0.15, -0.1) is 0 Å². The summed E-state index contributed by atoms with van der Waals surface area (Å²) in [5, 5.41) is 18.6. The maximum absolute atomic E-state index is 12.8. The number of anilines is 2. The monoisotopic (exact) mass is 491 g/mol. The minimum atomic E-state index is -0.280. The van der Waals surface area contributed by atoms with Gasteiger partial charge >= 0.3 is 0 Å². The van der Waals surface area contributed by atoms with Gasteiger partial charge in [0.05, 0.1) is 10.0 Å². The van der Waals surface area contributed by atoms with E-state index in [0.29, 0.717) is 33.9 Å². The molecule has 1 aromatic heterocycles. The van der Waals surface area contributed by atoms with Gasteiger partial charge < -0.3 is 26.3 Å². The summed E-state index contributed by atoms with van der Waals surface area (Å²) in [4.78, 5) is 22.5. The number of hydrogen-bond acceptors (Lipinski definition) is 7. The van der Waals surface area contributed by atoms with Crippen molar-refractivity contribution in [3.05, 3.63) is 49.9 Å². The molecule has 2 aromatic rings. The minimum absolute atomic E-state index is 0.200. The van der Waals surface area contributed by atoms with Gasteiger partial charge in [-0.3, -0.25) is 9.78 Å². The first-order chi connectivity index (χ1) is 16.0. The van der Waals surface area contributed by atoms with Crippen molar-refractivity contribution in [2.75, 3.05) is 43.4 Å². The highest BCUT2D eigenvalue weighted by Gasteiger charge is 2.24. The molecule has 0 spiro atoms. The summed E-state index contributed by atoms with van der Waals surface area (Å²) in [5.41, 5.74) is 1.31. The summed E-state index contributed by atoms with van der Waals surface area (Å²) in [7, 11) is 0. The molecule has 10 heteroatoms. The van der Waals surface area contributed by atoms with Gasteiger partial charge in [0.1, 0.15) is 11.4 Å². The van der Waals surface area contributed by atoms with Gasteiger partial charge in [-0.2, -0.15) is 0 Å². The minimum Gasteiger partial charge on any atom is -0.376 e. The Morgan fingerprint density at radius 1 is 1.15 bits per heavy atom. The van der Waals surface area contributed by atoms with Crippen molar-refractivity contribution in [2.45, 2.75) is 38.3 Å². The second kappa shape index (κ2) is 11.3. The zero-order valence-corrected chi connectivity index (χ0v) is 20.1. The molecule has 2 aliphatic heterocycles. The summed E-state index contributed by atoms with van der Waals surface area (Å²) < 4.78 is 0. The summed E-state index contributed by atoms with van der Waals surface area (Å²) in [5.74, 6) is 1.10. The van der Waals surface area contributed by atoms with Crippen LogP contribution in [-0.4, -0.2) is 59.8 Å². The van der Waals surface area contributed by atoms with Gasteiger partial charge in [0, 0.05) is 38.4 Å². The predicted molar refractivity (Wildman–Crippen MR) is 135 cm³/mol. The molecular formula is C23H31Cl2N7O. The van der Waals surface area contributed by atoms with Crippen LogP contribution in [0.2, 0.25) is 10.0 Å². The maximum atomic E-state index is 12.8. The van der Waals surface area contributed by atoms with Crippen LogP contribution in [0, 0.1) is 11.3 Å². The molecule has 0 aliphatic carbocycles.